The van der Waals surface area contributed by atoms with Gasteiger partial charge in [0, 0.05) is 19.5 Å². The van der Waals surface area contributed by atoms with Gasteiger partial charge in [-0.3, -0.25) is 4.79 Å². The molecule has 2 aromatic carbocycles. The van der Waals surface area contributed by atoms with Crippen LogP contribution in [-0.4, -0.2) is 31.7 Å². The molecule has 0 saturated heterocycles. The minimum Gasteiger partial charge on any atom is -0.324 e. The first-order chi connectivity index (χ1) is 12.8. The van der Waals surface area contributed by atoms with Crippen LogP contribution in [0.5, 0.6) is 0 Å². The van der Waals surface area contributed by atoms with E-state index in [1.807, 2.05) is 0 Å². The van der Waals surface area contributed by atoms with Crippen LogP contribution in [0.2, 0.25) is 5.02 Å². The van der Waals surface area contributed by atoms with Crippen LogP contribution in [0.1, 0.15) is 25.8 Å². The molecule has 0 atom stereocenters. The van der Waals surface area contributed by atoms with Gasteiger partial charge in [-0.25, -0.2) is 12.8 Å². The van der Waals surface area contributed by atoms with Crippen LogP contribution >= 0.6 is 11.6 Å². The number of hydrogen-bond donors (Lipinski definition) is 1. The molecule has 1 N–H and O–H groups in total. The SMILES string of the molecule is CCN(CC)S(=O)(=O)c1ccc(CCC(=O)Nc2cccc(Cl)c2F)cc1. The highest BCUT2D eigenvalue weighted by Gasteiger charge is 2.21. The number of anilines is 1. The van der Waals surface area contributed by atoms with Gasteiger partial charge in [-0.05, 0) is 36.2 Å². The number of aryl methyl sites for hydroxylation is 1. The summed E-state index contributed by atoms with van der Waals surface area (Å²) in [6.45, 7) is 4.38. The molecular formula is C19H22ClFN2O3S. The molecule has 146 valence electrons. The van der Waals surface area contributed by atoms with Gasteiger partial charge in [0.2, 0.25) is 15.9 Å². The Kier molecular flexibility index (Phi) is 7.35. The first-order valence-corrected chi connectivity index (χ1v) is 10.4. The normalized spacial score (nSPS) is 11.6. The summed E-state index contributed by atoms with van der Waals surface area (Å²) in [6, 6.07) is 10.8. The fourth-order valence-corrected chi connectivity index (χ4v) is 4.24. The monoisotopic (exact) mass is 412 g/mol. The van der Waals surface area contributed by atoms with E-state index in [4.69, 9.17) is 11.6 Å². The van der Waals surface area contributed by atoms with Crippen LogP contribution in [-0.2, 0) is 21.2 Å². The quantitative estimate of drug-likeness (QED) is 0.710. The third-order valence-corrected chi connectivity index (χ3v) is 6.49. The summed E-state index contributed by atoms with van der Waals surface area (Å²) < 4.78 is 40.1. The van der Waals surface area contributed by atoms with Crippen molar-refractivity contribution in [1.29, 1.82) is 0 Å². The molecule has 0 aliphatic carbocycles. The Balaban J connectivity index is 1.99. The summed E-state index contributed by atoms with van der Waals surface area (Å²) in [5.74, 6) is -1.02. The molecule has 0 unspecified atom stereocenters. The summed E-state index contributed by atoms with van der Waals surface area (Å²) in [7, 11) is -3.50. The zero-order valence-corrected chi connectivity index (χ0v) is 16.8. The molecule has 0 bridgehead atoms. The van der Waals surface area contributed by atoms with Gasteiger partial charge in [0.05, 0.1) is 15.6 Å². The third kappa shape index (κ3) is 5.28. The van der Waals surface area contributed by atoms with Crippen LogP contribution < -0.4 is 5.32 Å². The van der Waals surface area contributed by atoms with Crippen molar-refractivity contribution in [2.45, 2.75) is 31.6 Å². The Morgan fingerprint density at radius 2 is 1.74 bits per heavy atom. The largest absolute Gasteiger partial charge is 0.324 e. The van der Waals surface area contributed by atoms with E-state index in [1.165, 1.54) is 28.6 Å². The van der Waals surface area contributed by atoms with Gasteiger partial charge in [-0.2, -0.15) is 4.31 Å². The highest BCUT2D eigenvalue weighted by Crippen LogP contribution is 2.22. The second-order valence-electron chi connectivity index (χ2n) is 5.88. The first-order valence-electron chi connectivity index (χ1n) is 8.62. The van der Waals surface area contributed by atoms with Crippen molar-refractivity contribution in [3.05, 3.63) is 58.9 Å². The fraction of sp³-hybridized carbons (Fsp3) is 0.316. The predicted molar refractivity (Wildman–Crippen MR) is 105 cm³/mol. The third-order valence-electron chi connectivity index (χ3n) is 4.13. The standard InChI is InChI=1S/C19H22ClFN2O3S/c1-3-23(4-2)27(25,26)15-11-8-14(9-12-15)10-13-18(24)22-17-7-5-6-16(20)19(17)21/h5-9,11-12H,3-4,10,13H2,1-2H3,(H,22,24). The molecule has 0 saturated carbocycles. The fourth-order valence-electron chi connectivity index (χ4n) is 2.61. The van der Waals surface area contributed by atoms with Crippen molar-refractivity contribution in [2.24, 2.45) is 0 Å². The molecular weight excluding hydrogens is 391 g/mol. The van der Waals surface area contributed by atoms with Gasteiger partial charge in [-0.15, -0.1) is 0 Å². The molecule has 1 amide bonds. The van der Waals surface area contributed by atoms with Gasteiger partial charge in [0.15, 0.2) is 5.82 Å². The van der Waals surface area contributed by atoms with E-state index in [9.17, 15) is 17.6 Å². The molecule has 27 heavy (non-hydrogen) atoms. The van der Waals surface area contributed by atoms with Gasteiger partial charge in [0.1, 0.15) is 0 Å². The van der Waals surface area contributed by atoms with E-state index in [-0.39, 0.29) is 27.9 Å². The van der Waals surface area contributed by atoms with Crippen molar-refractivity contribution in [2.75, 3.05) is 18.4 Å². The van der Waals surface area contributed by atoms with Crippen LogP contribution in [0.3, 0.4) is 0 Å². The number of nitrogens with one attached hydrogen (secondary N) is 1. The van der Waals surface area contributed by atoms with Crippen molar-refractivity contribution in [1.82, 2.24) is 4.31 Å². The number of hydrogen-bond acceptors (Lipinski definition) is 3. The van der Waals surface area contributed by atoms with E-state index in [1.54, 1.807) is 32.0 Å². The first kappa shape index (κ1) is 21.3. The van der Waals surface area contributed by atoms with Crippen LogP contribution in [0.25, 0.3) is 0 Å². The summed E-state index contributed by atoms with van der Waals surface area (Å²) in [5, 5.41) is 2.43. The average Bonchev–Trinajstić information content (AvgIpc) is 2.65. The molecule has 2 rings (SSSR count). The second-order valence-corrected chi connectivity index (χ2v) is 8.23. The highest BCUT2D eigenvalue weighted by molar-refractivity contribution is 7.89. The molecule has 0 aromatic heterocycles. The Hall–Kier alpha value is -1.96. The van der Waals surface area contributed by atoms with Crippen molar-refractivity contribution in [3.8, 4) is 0 Å². The lowest BCUT2D eigenvalue weighted by molar-refractivity contribution is -0.116. The van der Waals surface area contributed by atoms with Crippen LogP contribution in [0.15, 0.2) is 47.4 Å². The summed E-state index contributed by atoms with van der Waals surface area (Å²) >= 11 is 5.69. The number of carbonyl (C=O) groups excluding carboxylic acids is 1. The molecule has 0 spiro atoms. The minimum atomic E-state index is -3.50. The highest BCUT2D eigenvalue weighted by atomic mass is 35.5. The molecule has 2 aromatic rings. The molecule has 0 aliphatic rings. The van der Waals surface area contributed by atoms with E-state index in [0.29, 0.717) is 19.5 Å². The molecule has 8 heteroatoms. The van der Waals surface area contributed by atoms with E-state index < -0.39 is 15.8 Å². The second kappa shape index (κ2) is 9.30. The Morgan fingerprint density at radius 3 is 2.33 bits per heavy atom. The van der Waals surface area contributed by atoms with E-state index in [2.05, 4.69) is 5.32 Å². The van der Waals surface area contributed by atoms with E-state index in [0.717, 1.165) is 5.56 Å². The number of nitrogens with zero attached hydrogens (tertiary/aromatic N) is 1. The number of carbonyl (C=O) groups is 1. The number of amides is 1. The molecule has 0 radical (unpaired) electrons. The number of rotatable bonds is 8. The Labute approximate surface area is 164 Å². The zero-order valence-electron chi connectivity index (χ0n) is 15.2. The maximum atomic E-state index is 13.8. The zero-order chi connectivity index (χ0) is 20.0. The molecule has 0 heterocycles. The van der Waals surface area contributed by atoms with Crippen LogP contribution in [0.4, 0.5) is 10.1 Å². The van der Waals surface area contributed by atoms with Gasteiger partial charge < -0.3 is 5.32 Å². The van der Waals surface area contributed by atoms with Gasteiger partial charge in [0.25, 0.3) is 0 Å². The predicted octanol–water partition coefficient (Wildman–Crippen LogP) is 4.08. The topological polar surface area (TPSA) is 66.5 Å². The van der Waals surface area contributed by atoms with Gasteiger partial charge >= 0.3 is 0 Å². The molecule has 0 aliphatic heterocycles. The van der Waals surface area contributed by atoms with Gasteiger partial charge in [-0.1, -0.05) is 43.6 Å². The van der Waals surface area contributed by atoms with Crippen molar-refractivity contribution < 1.29 is 17.6 Å². The molecule has 0 fully saturated rings. The summed E-state index contributed by atoms with van der Waals surface area (Å²) in [5.41, 5.74) is 0.850. The lowest BCUT2D eigenvalue weighted by Gasteiger charge is -2.18. The number of benzene rings is 2. The van der Waals surface area contributed by atoms with E-state index >= 15 is 0 Å². The van der Waals surface area contributed by atoms with Crippen molar-refractivity contribution in [3.63, 3.8) is 0 Å². The Bertz CT molecular complexity index is 898. The number of halogens is 2. The van der Waals surface area contributed by atoms with Crippen LogP contribution in [0, 0.1) is 5.82 Å². The maximum absolute atomic E-state index is 13.8. The minimum absolute atomic E-state index is 0.0353. The molecule has 5 nitrogen and oxygen atoms in total. The lowest BCUT2D eigenvalue weighted by Crippen LogP contribution is -2.30. The van der Waals surface area contributed by atoms with Crippen molar-refractivity contribution >= 4 is 33.2 Å². The average molecular weight is 413 g/mol. The number of sulfonamides is 1. The smallest absolute Gasteiger partial charge is 0.243 e. The summed E-state index contributed by atoms with van der Waals surface area (Å²) in [6.07, 6.45) is 0.535. The summed E-state index contributed by atoms with van der Waals surface area (Å²) in [4.78, 5) is 12.2. The lowest BCUT2D eigenvalue weighted by atomic mass is 10.1. The maximum Gasteiger partial charge on any atom is 0.243 e. The Morgan fingerprint density at radius 1 is 1.11 bits per heavy atom.